The largest absolute Gasteiger partial charge is 2.00 e. The zero-order chi connectivity index (χ0) is 27.7. The van der Waals surface area contributed by atoms with Crippen molar-refractivity contribution in [3.05, 3.63) is 58.9 Å². The first-order valence-electron chi connectivity index (χ1n) is 15.2. The van der Waals surface area contributed by atoms with Crippen LogP contribution in [0.5, 0.6) is 0 Å². The molecule has 0 aromatic heterocycles. The van der Waals surface area contributed by atoms with Crippen molar-refractivity contribution >= 4 is 20.6 Å². The van der Waals surface area contributed by atoms with Gasteiger partial charge in [-0.3, -0.25) is 6.08 Å². The van der Waals surface area contributed by atoms with Gasteiger partial charge in [0.25, 0.3) is 0 Å². The number of benzene rings is 1. The summed E-state index contributed by atoms with van der Waals surface area (Å²) >= 11 is 0. The second-order valence-corrected chi connectivity index (χ2v) is 11.9. The molecular formula is C34H58NOSiTi. The van der Waals surface area contributed by atoms with Gasteiger partial charge in [-0.2, -0.15) is 11.1 Å². The normalized spacial score (nSPS) is 14.1. The van der Waals surface area contributed by atoms with Gasteiger partial charge in [-0.05, 0) is 12.8 Å². The van der Waals surface area contributed by atoms with Crippen LogP contribution in [0, 0.1) is 12.0 Å². The van der Waals surface area contributed by atoms with Crippen molar-refractivity contribution < 1.29 is 26.5 Å². The van der Waals surface area contributed by atoms with E-state index in [1.54, 1.807) is 0 Å². The Morgan fingerprint density at radius 2 is 1.21 bits per heavy atom. The summed E-state index contributed by atoms with van der Waals surface area (Å²) < 4.78 is 0. The number of nitrogens with one attached hydrogen (secondary N) is 1. The van der Waals surface area contributed by atoms with E-state index in [0.717, 1.165) is 12.8 Å². The fourth-order valence-electron chi connectivity index (χ4n) is 4.46. The van der Waals surface area contributed by atoms with Crippen molar-refractivity contribution in [3.63, 3.8) is 0 Å². The summed E-state index contributed by atoms with van der Waals surface area (Å²) in [7, 11) is 0.511. The van der Waals surface area contributed by atoms with Gasteiger partial charge in [-0.25, -0.2) is 5.57 Å². The number of rotatable bonds is 17. The van der Waals surface area contributed by atoms with Crippen molar-refractivity contribution in [2.24, 2.45) is 5.92 Å². The number of unbranched alkanes of at least 4 members (excludes halogenated alkanes) is 14. The number of hydrogen-bond acceptors (Lipinski definition) is 1. The van der Waals surface area contributed by atoms with Gasteiger partial charge in [-0.1, -0.05) is 166 Å². The van der Waals surface area contributed by atoms with Gasteiger partial charge in [0.15, 0.2) is 0 Å². The van der Waals surface area contributed by atoms with Crippen molar-refractivity contribution in [3.8, 4) is 0 Å². The van der Waals surface area contributed by atoms with Gasteiger partial charge >= 0.3 is 21.7 Å². The SMILES string of the molecule is CC1=[C-]C(C)C(C)=C1C.CCCCCCCCCCCCCCCCCC([NH-])=O.C[SiH]c1ccccc1.[Ti+2]. The van der Waals surface area contributed by atoms with Crippen LogP contribution >= 0.6 is 0 Å². The van der Waals surface area contributed by atoms with E-state index in [4.69, 9.17) is 5.73 Å². The van der Waals surface area contributed by atoms with Crippen LogP contribution in [0.3, 0.4) is 0 Å². The molecule has 1 N–H and O–H groups in total. The Morgan fingerprint density at radius 3 is 1.47 bits per heavy atom. The van der Waals surface area contributed by atoms with Gasteiger partial charge in [0.05, 0.1) is 9.52 Å². The van der Waals surface area contributed by atoms with E-state index < -0.39 is 5.91 Å². The van der Waals surface area contributed by atoms with Gasteiger partial charge < -0.3 is 10.5 Å². The third-order valence-corrected chi connectivity index (χ3v) is 8.43. The van der Waals surface area contributed by atoms with Gasteiger partial charge in [0.1, 0.15) is 0 Å². The van der Waals surface area contributed by atoms with E-state index >= 15 is 0 Å². The Bertz CT molecular complexity index is 744. The minimum atomic E-state index is -0.403. The topological polar surface area (TPSA) is 40.9 Å². The van der Waals surface area contributed by atoms with Crippen LogP contribution in [-0.2, 0) is 26.5 Å². The molecule has 0 saturated heterocycles. The maximum Gasteiger partial charge on any atom is 2.00 e. The fourth-order valence-corrected chi connectivity index (χ4v) is 5.07. The van der Waals surface area contributed by atoms with Crippen molar-refractivity contribution in [1.82, 2.24) is 0 Å². The van der Waals surface area contributed by atoms with Crippen LogP contribution < -0.4 is 5.19 Å². The zero-order valence-corrected chi connectivity index (χ0v) is 28.5. The predicted octanol–water partition coefficient (Wildman–Crippen LogP) is 10.3. The van der Waals surface area contributed by atoms with E-state index in [-0.39, 0.29) is 21.7 Å². The molecule has 213 valence electrons. The molecule has 0 spiro atoms. The first kappa shape index (κ1) is 39.2. The number of allylic oxidation sites excluding steroid dienone is 4. The first-order valence-corrected chi connectivity index (χ1v) is 16.9. The molecule has 1 amide bonds. The van der Waals surface area contributed by atoms with E-state index in [1.807, 2.05) is 0 Å². The minimum absolute atomic E-state index is 0. The van der Waals surface area contributed by atoms with Crippen molar-refractivity contribution in [2.75, 3.05) is 0 Å². The Kier molecular flexibility index (Phi) is 28.6. The van der Waals surface area contributed by atoms with Gasteiger partial charge in [0.2, 0.25) is 0 Å². The molecule has 1 aliphatic rings. The van der Waals surface area contributed by atoms with Crippen LogP contribution in [0.15, 0.2) is 47.1 Å². The average molecular weight is 573 g/mol. The van der Waals surface area contributed by atoms with Crippen LogP contribution in [0.2, 0.25) is 6.55 Å². The number of carbonyl (C=O) groups is 1. The molecule has 38 heavy (non-hydrogen) atoms. The summed E-state index contributed by atoms with van der Waals surface area (Å²) in [6, 6.07) is 10.6. The van der Waals surface area contributed by atoms with E-state index in [2.05, 4.69) is 77.6 Å². The summed E-state index contributed by atoms with van der Waals surface area (Å²) in [5.41, 5.74) is 11.1. The maximum absolute atomic E-state index is 10.4. The van der Waals surface area contributed by atoms with Crippen LogP contribution in [0.25, 0.3) is 5.73 Å². The molecule has 1 aliphatic carbocycles. The van der Waals surface area contributed by atoms with Gasteiger partial charge in [0, 0.05) is 5.91 Å². The summed E-state index contributed by atoms with van der Waals surface area (Å²) in [4.78, 5) is 10.4. The van der Waals surface area contributed by atoms with Crippen LogP contribution in [0.4, 0.5) is 0 Å². The summed E-state index contributed by atoms with van der Waals surface area (Å²) in [6.45, 7) is 13.2. The molecule has 4 heteroatoms. The van der Waals surface area contributed by atoms with Crippen LogP contribution in [0.1, 0.15) is 137 Å². The molecule has 1 radical (unpaired) electrons. The first-order chi connectivity index (χ1) is 17.8. The molecule has 2 rings (SSSR count). The monoisotopic (exact) mass is 572 g/mol. The standard InChI is InChI=1S/C18H37NO.C9H13.C7H9Si.Ti/c1-2-3-4-5-6-7-8-9-10-11-12-13-14-15-16-17-18(19)20;1-6-5-7(2)9(4)8(6)3;1-8-7-5-3-2-4-6-7;/h2-17H2,1H3,(H2,19,20);6H,1-4H3;2-6,8H,1H3;/q;-1;;+2/p-1. The molecule has 0 fully saturated rings. The Labute approximate surface area is 254 Å². The minimum Gasteiger partial charge on any atom is -0.668 e. The van der Waals surface area contributed by atoms with E-state index in [0.29, 0.717) is 21.9 Å². The Balaban J connectivity index is 0. The number of amides is 1. The fraction of sp³-hybridized carbons (Fsp3) is 0.676. The molecule has 0 saturated carbocycles. The predicted molar refractivity (Wildman–Crippen MR) is 168 cm³/mol. The molecule has 1 unspecified atom stereocenters. The van der Waals surface area contributed by atoms with Crippen molar-refractivity contribution in [1.29, 1.82) is 0 Å². The molecule has 1 aromatic rings. The second-order valence-electron chi connectivity index (χ2n) is 10.6. The average Bonchev–Trinajstić information content (AvgIpc) is 3.12. The summed E-state index contributed by atoms with van der Waals surface area (Å²) in [6.07, 6.45) is 23.9. The summed E-state index contributed by atoms with van der Waals surface area (Å²) in [5.74, 6) is 0.157. The van der Waals surface area contributed by atoms with E-state index in [9.17, 15) is 4.79 Å². The molecule has 2 nitrogen and oxygen atoms in total. The Hall–Kier alpha value is -0.899. The molecule has 0 bridgehead atoms. The zero-order valence-electron chi connectivity index (χ0n) is 25.8. The number of hydrogen-bond donors (Lipinski definition) is 0. The van der Waals surface area contributed by atoms with E-state index in [1.165, 1.54) is 105 Å². The van der Waals surface area contributed by atoms with Crippen molar-refractivity contribution in [2.45, 2.75) is 144 Å². The molecule has 1 aromatic carbocycles. The third-order valence-electron chi connectivity index (χ3n) is 7.38. The molecule has 1 atom stereocenters. The maximum atomic E-state index is 10.4. The molecule has 0 heterocycles. The second kappa shape index (κ2) is 27.7. The van der Waals surface area contributed by atoms with Gasteiger partial charge in [-0.15, -0.1) is 6.92 Å². The number of carbonyl (C=O) groups excluding carboxylic acids is 1. The summed E-state index contributed by atoms with van der Waals surface area (Å²) in [5, 5.41) is 1.49. The Morgan fingerprint density at radius 1 is 0.789 bits per heavy atom. The molecule has 0 aliphatic heterocycles. The smallest absolute Gasteiger partial charge is 0.668 e. The quantitative estimate of drug-likeness (QED) is 0.104. The van der Waals surface area contributed by atoms with Crippen LogP contribution in [-0.4, -0.2) is 15.4 Å². The molecular weight excluding hydrogens is 514 g/mol. The third kappa shape index (κ3) is 23.0.